The van der Waals surface area contributed by atoms with Crippen LogP contribution in [0.15, 0.2) is 0 Å². The molecule has 4 heteroatoms. The van der Waals surface area contributed by atoms with Crippen LogP contribution in [0.2, 0.25) is 0 Å². The van der Waals surface area contributed by atoms with Crippen LogP contribution in [0.4, 0.5) is 0 Å². The predicted molar refractivity (Wildman–Crippen MR) is 109 cm³/mol. The number of nitrogens with one attached hydrogen (secondary N) is 1. The van der Waals surface area contributed by atoms with Crippen molar-refractivity contribution in [2.24, 2.45) is 11.8 Å². The summed E-state index contributed by atoms with van der Waals surface area (Å²) in [5.74, 6) is 1.97. The Balaban J connectivity index is 0.000000371. The first-order valence-electron chi connectivity index (χ1n) is 10.3. The number of rotatable bonds is 1. The van der Waals surface area contributed by atoms with Gasteiger partial charge in [-0.05, 0) is 46.3 Å². The zero-order valence-electron chi connectivity index (χ0n) is 18.1. The number of nitrogens with zero attached hydrogens (tertiary/aromatic N) is 3. The second kappa shape index (κ2) is 13.1. The summed E-state index contributed by atoms with van der Waals surface area (Å²) in [4.78, 5) is 7.43. The Labute approximate surface area is 153 Å². The van der Waals surface area contributed by atoms with Crippen molar-refractivity contribution in [1.29, 1.82) is 0 Å². The van der Waals surface area contributed by atoms with Crippen LogP contribution in [-0.4, -0.2) is 86.7 Å². The van der Waals surface area contributed by atoms with E-state index in [-0.39, 0.29) is 0 Å². The molecule has 0 spiro atoms. The third-order valence-corrected chi connectivity index (χ3v) is 4.93. The molecule has 3 rings (SSSR count). The molecule has 0 aromatic carbocycles. The minimum absolute atomic E-state index is 0.666. The summed E-state index contributed by atoms with van der Waals surface area (Å²) in [7, 11) is 4.42. The molecule has 0 aromatic heterocycles. The maximum atomic E-state index is 3.47. The minimum atomic E-state index is 0.666. The summed E-state index contributed by atoms with van der Waals surface area (Å²) in [5, 5.41) is 3.47. The van der Waals surface area contributed by atoms with Gasteiger partial charge < -0.3 is 20.0 Å². The number of hydrogen-bond acceptors (Lipinski definition) is 4. The van der Waals surface area contributed by atoms with Gasteiger partial charge >= 0.3 is 0 Å². The topological polar surface area (TPSA) is 21.8 Å². The summed E-state index contributed by atoms with van der Waals surface area (Å²) >= 11 is 0. The van der Waals surface area contributed by atoms with Crippen LogP contribution in [0.5, 0.6) is 0 Å². The number of hydrogen-bond donors (Lipinski definition) is 1. The van der Waals surface area contributed by atoms with Crippen LogP contribution < -0.4 is 5.32 Å². The SMILES string of the molecule is CC.CC.CC1CN(C)CC(C)N1.CCN1CC2CN(C)CC2C1. The molecule has 0 amide bonds. The Bertz CT molecular complexity index is 258. The second-order valence-corrected chi connectivity index (χ2v) is 7.28. The first kappa shape index (κ1) is 23.8. The van der Waals surface area contributed by atoms with E-state index in [2.05, 4.69) is 54.9 Å². The summed E-state index contributed by atoms with van der Waals surface area (Å²) < 4.78 is 0. The highest BCUT2D eigenvalue weighted by atomic mass is 15.2. The van der Waals surface area contributed by atoms with Gasteiger partial charge in [0.05, 0.1) is 0 Å². The Morgan fingerprint density at radius 3 is 1.42 bits per heavy atom. The van der Waals surface area contributed by atoms with E-state index in [4.69, 9.17) is 0 Å². The van der Waals surface area contributed by atoms with Gasteiger partial charge in [0.2, 0.25) is 0 Å². The molecular weight excluding hydrogens is 296 g/mol. The lowest BCUT2D eigenvalue weighted by atomic mass is 10.0. The lowest BCUT2D eigenvalue weighted by Crippen LogP contribution is -2.52. The fourth-order valence-corrected chi connectivity index (χ4v) is 4.18. The van der Waals surface area contributed by atoms with Gasteiger partial charge in [-0.1, -0.05) is 34.6 Å². The molecule has 0 radical (unpaired) electrons. The van der Waals surface area contributed by atoms with E-state index in [1.165, 1.54) is 45.8 Å². The average molecular weight is 343 g/mol. The summed E-state index contributed by atoms with van der Waals surface area (Å²) in [6.07, 6.45) is 0. The molecule has 146 valence electrons. The fraction of sp³-hybridized carbons (Fsp3) is 1.00. The second-order valence-electron chi connectivity index (χ2n) is 7.28. The molecule has 0 aromatic rings. The zero-order valence-corrected chi connectivity index (χ0v) is 18.1. The van der Waals surface area contributed by atoms with Gasteiger partial charge in [0.1, 0.15) is 0 Å². The average Bonchev–Trinajstić information content (AvgIpc) is 3.07. The number of fused-ring (bicyclic) bond motifs is 1. The number of likely N-dealkylation sites (tertiary alicyclic amines) is 2. The molecule has 4 nitrogen and oxygen atoms in total. The molecule has 4 unspecified atom stereocenters. The largest absolute Gasteiger partial charge is 0.309 e. The molecule has 0 saturated carbocycles. The summed E-state index contributed by atoms with van der Waals surface area (Å²) in [6.45, 7) is 23.7. The van der Waals surface area contributed by atoms with Crippen molar-refractivity contribution in [3.05, 3.63) is 0 Å². The quantitative estimate of drug-likeness (QED) is 0.791. The van der Waals surface area contributed by atoms with Crippen LogP contribution in [0, 0.1) is 11.8 Å². The molecule has 3 aliphatic heterocycles. The van der Waals surface area contributed by atoms with Gasteiger partial charge in [0, 0.05) is 51.4 Å². The van der Waals surface area contributed by atoms with E-state index in [1.54, 1.807) is 0 Å². The van der Waals surface area contributed by atoms with Crippen molar-refractivity contribution >= 4 is 0 Å². The lowest BCUT2D eigenvalue weighted by molar-refractivity contribution is 0.208. The van der Waals surface area contributed by atoms with Crippen molar-refractivity contribution in [2.45, 2.75) is 60.5 Å². The summed E-state index contributed by atoms with van der Waals surface area (Å²) in [6, 6.07) is 1.33. The van der Waals surface area contributed by atoms with Crippen LogP contribution in [0.1, 0.15) is 48.5 Å². The highest BCUT2D eigenvalue weighted by Gasteiger charge is 2.37. The molecular formula is C20H46N4. The third-order valence-electron chi connectivity index (χ3n) is 4.93. The van der Waals surface area contributed by atoms with E-state index < -0.39 is 0 Å². The van der Waals surface area contributed by atoms with Gasteiger partial charge in [-0.2, -0.15) is 0 Å². The van der Waals surface area contributed by atoms with Crippen molar-refractivity contribution in [3.8, 4) is 0 Å². The van der Waals surface area contributed by atoms with Crippen LogP contribution in [0.3, 0.4) is 0 Å². The van der Waals surface area contributed by atoms with Crippen molar-refractivity contribution in [1.82, 2.24) is 20.0 Å². The lowest BCUT2D eigenvalue weighted by Gasteiger charge is -2.33. The molecule has 3 fully saturated rings. The Hall–Kier alpha value is -0.160. The highest BCUT2D eigenvalue weighted by Crippen LogP contribution is 2.29. The van der Waals surface area contributed by atoms with Crippen LogP contribution in [-0.2, 0) is 0 Å². The van der Waals surface area contributed by atoms with E-state index in [0.717, 1.165) is 11.8 Å². The van der Waals surface area contributed by atoms with Gasteiger partial charge in [-0.3, -0.25) is 0 Å². The van der Waals surface area contributed by atoms with E-state index in [9.17, 15) is 0 Å². The molecule has 4 atom stereocenters. The van der Waals surface area contributed by atoms with Crippen LogP contribution in [0.25, 0.3) is 0 Å². The van der Waals surface area contributed by atoms with Crippen molar-refractivity contribution in [2.75, 3.05) is 59.9 Å². The maximum Gasteiger partial charge on any atom is 0.0169 e. The first-order chi connectivity index (χ1) is 11.5. The van der Waals surface area contributed by atoms with Crippen molar-refractivity contribution < 1.29 is 0 Å². The van der Waals surface area contributed by atoms with E-state index in [1.807, 2.05) is 27.7 Å². The highest BCUT2D eigenvalue weighted by molar-refractivity contribution is 4.91. The molecule has 3 saturated heterocycles. The summed E-state index contributed by atoms with van der Waals surface area (Å²) in [5.41, 5.74) is 0. The van der Waals surface area contributed by atoms with Crippen LogP contribution >= 0.6 is 0 Å². The molecule has 1 N–H and O–H groups in total. The fourth-order valence-electron chi connectivity index (χ4n) is 4.18. The first-order valence-corrected chi connectivity index (χ1v) is 10.3. The van der Waals surface area contributed by atoms with E-state index in [0.29, 0.717) is 12.1 Å². The smallest absolute Gasteiger partial charge is 0.0169 e. The maximum absolute atomic E-state index is 3.47. The normalized spacial score (nSPS) is 33.4. The van der Waals surface area contributed by atoms with Gasteiger partial charge in [-0.25, -0.2) is 0 Å². The minimum Gasteiger partial charge on any atom is -0.309 e. The van der Waals surface area contributed by atoms with Gasteiger partial charge in [-0.15, -0.1) is 0 Å². The molecule has 3 aliphatic rings. The van der Waals surface area contributed by atoms with Gasteiger partial charge in [0.15, 0.2) is 0 Å². The Kier molecular flexibility index (Phi) is 13.0. The zero-order chi connectivity index (χ0) is 18.7. The molecule has 3 heterocycles. The number of likely N-dealkylation sites (N-methyl/N-ethyl adjacent to an activating group) is 1. The third kappa shape index (κ3) is 8.28. The van der Waals surface area contributed by atoms with Crippen molar-refractivity contribution in [3.63, 3.8) is 0 Å². The Morgan fingerprint density at radius 2 is 1.08 bits per heavy atom. The van der Waals surface area contributed by atoms with E-state index >= 15 is 0 Å². The molecule has 24 heavy (non-hydrogen) atoms. The monoisotopic (exact) mass is 342 g/mol. The predicted octanol–water partition coefficient (Wildman–Crippen LogP) is 2.85. The standard InChI is InChI=1S/C9H18N2.C7H16N2.2C2H6/c1-3-11-6-8-4-10(2)5-9(8)7-11;1-6-4-9(3)5-7(2)8-6;2*1-2/h8-9H,3-7H2,1-2H3;6-8H,4-5H2,1-3H3;2*1-2H3. The van der Waals surface area contributed by atoms with Gasteiger partial charge in [0.25, 0.3) is 0 Å². The Morgan fingerprint density at radius 1 is 0.708 bits per heavy atom. The number of piperazine rings is 1. The molecule has 0 bridgehead atoms. The molecule has 0 aliphatic carbocycles.